The summed E-state index contributed by atoms with van der Waals surface area (Å²) in [6.45, 7) is 4.10. The number of fused-ring (bicyclic) bond motifs is 2. The summed E-state index contributed by atoms with van der Waals surface area (Å²) in [6, 6.07) is 6.56. The predicted molar refractivity (Wildman–Crippen MR) is 121 cm³/mol. The third kappa shape index (κ3) is 3.69. The van der Waals surface area contributed by atoms with Crippen molar-refractivity contribution in [3.05, 3.63) is 29.4 Å². The first-order valence-electron chi connectivity index (χ1n) is 10.6. The first kappa shape index (κ1) is 21.6. The molecule has 0 radical (unpaired) electrons. The molecule has 9 nitrogen and oxygen atoms in total. The minimum atomic E-state index is -1.04. The lowest BCUT2D eigenvalue weighted by atomic mass is 9.82. The monoisotopic (exact) mass is 466 g/mol. The van der Waals surface area contributed by atoms with Crippen LogP contribution in [-0.4, -0.2) is 60.8 Å². The maximum atomic E-state index is 15.4. The average molecular weight is 467 g/mol. The van der Waals surface area contributed by atoms with Gasteiger partial charge in [0.15, 0.2) is 11.6 Å². The molecule has 2 bridgehead atoms. The quantitative estimate of drug-likeness (QED) is 0.597. The van der Waals surface area contributed by atoms with Crippen LogP contribution < -0.4 is 10.2 Å². The lowest BCUT2D eigenvalue weighted by Gasteiger charge is -2.47. The third-order valence-electron chi connectivity index (χ3n) is 6.80. The van der Waals surface area contributed by atoms with Gasteiger partial charge in [-0.15, -0.1) is 20.4 Å². The summed E-state index contributed by atoms with van der Waals surface area (Å²) in [6.07, 6.45) is 2.94. The van der Waals surface area contributed by atoms with Crippen molar-refractivity contribution in [3.8, 4) is 33.8 Å². The lowest BCUT2D eigenvalue weighted by Crippen LogP contribution is -2.65. The number of nitriles is 1. The number of alkyl halides is 1. The highest BCUT2D eigenvalue weighted by molar-refractivity contribution is 7.15. The van der Waals surface area contributed by atoms with E-state index in [9.17, 15) is 5.11 Å². The van der Waals surface area contributed by atoms with Gasteiger partial charge in [0.05, 0.1) is 17.8 Å². The number of nitrogens with one attached hydrogen (secondary N) is 1. The van der Waals surface area contributed by atoms with E-state index in [2.05, 4.69) is 37.6 Å². The van der Waals surface area contributed by atoms with E-state index >= 15 is 4.39 Å². The number of benzene rings is 1. The molecule has 11 heteroatoms. The molecule has 2 N–H and O–H groups in total. The van der Waals surface area contributed by atoms with Crippen molar-refractivity contribution >= 4 is 17.2 Å². The smallest absolute Gasteiger partial charge is 0.218 e. The van der Waals surface area contributed by atoms with Gasteiger partial charge in [-0.25, -0.2) is 9.37 Å². The zero-order valence-electron chi connectivity index (χ0n) is 18.4. The zero-order valence-corrected chi connectivity index (χ0v) is 19.3. The van der Waals surface area contributed by atoms with Crippen LogP contribution in [0.25, 0.3) is 22.0 Å². The van der Waals surface area contributed by atoms with Gasteiger partial charge in [0.2, 0.25) is 5.01 Å². The number of rotatable bonds is 4. The number of hydrogen-bond acceptors (Lipinski definition) is 10. The second-order valence-electron chi connectivity index (χ2n) is 9.28. The summed E-state index contributed by atoms with van der Waals surface area (Å²) in [5, 5.41) is 39.9. The molecular weight excluding hydrogens is 443 g/mol. The standard InChI is InChI=1S/C22H23FN8OS/c1-21-6-7-22(2,30-21)18(23)14(9-21)31(3)16-11-25-19(28-26-16)13-5-4-12(8-15(13)32)20-29-27-17(10-24)33-20/h4-5,8,11,14,18,30,32H,6-7,9H2,1-3H3/t14-,18-,21-,22+/m0/s1. The van der Waals surface area contributed by atoms with Gasteiger partial charge < -0.3 is 15.3 Å². The average Bonchev–Trinajstić information content (AvgIpc) is 3.39. The number of aromatic nitrogens is 5. The molecular formula is C22H23FN8OS. The number of anilines is 1. The SMILES string of the molecule is CN(c1cnc(-c2ccc(-c3nnc(C#N)s3)cc2O)nn1)[C@H]1C[C@]2(C)CC[C@@](C)(N2)[C@H]1F. The summed E-state index contributed by atoms with van der Waals surface area (Å²) < 4.78 is 15.4. The van der Waals surface area contributed by atoms with Gasteiger partial charge in [0, 0.05) is 23.7 Å². The Hall–Kier alpha value is -3.23. The Labute approximate surface area is 194 Å². The van der Waals surface area contributed by atoms with Crippen molar-refractivity contribution in [1.29, 1.82) is 5.26 Å². The van der Waals surface area contributed by atoms with Gasteiger partial charge in [0.25, 0.3) is 0 Å². The first-order valence-corrected chi connectivity index (χ1v) is 11.5. The molecule has 4 atom stereocenters. The number of hydrogen-bond donors (Lipinski definition) is 2. The summed E-state index contributed by atoms with van der Waals surface area (Å²) in [5.74, 6) is 0.699. The van der Waals surface area contributed by atoms with E-state index in [-0.39, 0.29) is 28.2 Å². The Bertz CT molecular complexity index is 1240. The zero-order chi connectivity index (χ0) is 23.4. The molecule has 2 fully saturated rings. The third-order valence-corrected chi connectivity index (χ3v) is 7.68. The predicted octanol–water partition coefficient (Wildman–Crippen LogP) is 3.08. The van der Waals surface area contributed by atoms with Crippen LogP contribution in [0.15, 0.2) is 24.4 Å². The van der Waals surface area contributed by atoms with Crippen molar-refractivity contribution in [3.63, 3.8) is 0 Å². The minimum absolute atomic E-state index is 0.0382. The molecule has 0 amide bonds. The molecule has 4 heterocycles. The van der Waals surface area contributed by atoms with Crippen molar-refractivity contribution in [2.45, 2.75) is 56.4 Å². The van der Waals surface area contributed by atoms with Crippen molar-refractivity contribution < 1.29 is 9.50 Å². The van der Waals surface area contributed by atoms with Gasteiger partial charge in [-0.3, -0.25) is 0 Å². The van der Waals surface area contributed by atoms with E-state index in [1.54, 1.807) is 18.3 Å². The summed E-state index contributed by atoms with van der Waals surface area (Å²) >= 11 is 1.14. The second-order valence-corrected chi connectivity index (χ2v) is 10.3. The number of aromatic hydroxyl groups is 1. The Morgan fingerprint density at radius 3 is 2.73 bits per heavy atom. The Balaban J connectivity index is 1.37. The molecule has 3 aromatic rings. The van der Waals surface area contributed by atoms with Crippen LogP contribution >= 0.6 is 11.3 Å². The van der Waals surface area contributed by atoms with E-state index < -0.39 is 11.7 Å². The summed E-state index contributed by atoms with van der Waals surface area (Å²) in [4.78, 5) is 6.20. The molecule has 2 saturated heterocycles. The van der Waals surface area contributed by atoms with Gasteiger partial charge in [-0.05, 0) is 45.2 Å². The first-order chi connectivity index (χ1) is 15.7. The topological polar surface area (TPSA) is 124 Å². The van der Waals surface area contributed by atoms with Crippen LogP contribution in [0.1, 0.15) is 38.1 Å². The van der Waals surface area contributed by atoms with E-state index in [1.807, 2.05) is 24.9 Å². The molecule has 2 aromatic heterocycles. The van der Waals surface area contributed by atoms with Crippen LogP contribution in [-0.2, 0) is 0 Å². The van der Waals surface area contributed by atoms with Crippen molar-refractivity contribution in [2.24, 2.45) is 0 Å². The maximum absolute atomic E-state index is 15.4. The highest BCUT2D eigenvalue weighted by Gasteiger charge is 2.56. The Kier molecular flexibility index (Phi) is 5.02. The summed E-state index contributed by atoms with van der Waals surface area (Å²) in [5.41, 5.74) is 0.414. The Morgan fingerprint density at radius 2 is 2.06 bits per heavy atom. The molecule has 0 spiro atoms. The molecule has 2 aliphatic rings. The number of nitrogens with zero attached hydrogens (tertiary/aromatic N) is 7. The molecule has 170 valence electrons. The Morgan fingerprint density at radius 1 is 1.24 bits per heavy atom. The molecule has 5 rings (SSSR count). The fraction of sp³-hybridized carbons (Fsp3) is 0.455. The van der Waals surface area contributed by atoms with Gasteiger partial charge in [-0.1, -0.05) is 17.4 Å². The highest BCUT2D eigenvalue weighted by Crippen LogP contribution is 2.45. The summed E-state index contributed by atoms with van der Waals surface area (Å²) in [7, 11) is 1.82. The molecule has 1 aromatic carbocycles. The molecule has 0 aliphatic carbocycles. The van der Waals surface area contributed by atoms with Crippen molar-refractivity contribution in [2.75, 3.05) is 11.9 Å². The number of halogens is 1. The number of piperidine rings is 1. The number of phenolic OH excluding ortho intramolecular Hbond substituents is 1. The fourth-order valence-electron chi connectivity index (χ4n) is 5.00. The minimum Gasteiger partial charge on any atom is -0.507 e. The normalized spacial score (nSPS) is 28.5. The van der Waals surface area contributed by atoms with Crippen LogP contribution in [0.3, 0.4) is 0 Å². The van der Waals surface area contributed by atoms with Crippen LogP contribution in [0, 0.1) is 11.3 Å². The fourth-order valence-corrected chi connectivity index (χ4v) is 5.63. The van der Waals surface area contributed by atoms with E-state index in [4.69, 9.17) is 5.26 Å². The number of phenols is 1. The van der Waals surface area contributed by atoms with E-state index in [0.29, 0.717) is 28.4 Å². The van der Waals surface area contributed by atoms with E-state index in [0.717, 1.165) is 24.2 Å². The second kappa shape index (κ2) is 7.67. The largest absolute Gasteiger partial charge is 0.507 e. The lowest BCUT2D eigenvalue weighted by molar-refractivity contribution is 0.0859. The molecule has 0 saturated carbocycles. The van der Waals surface area contributed by atoms with Crippen LogP contribution in [0.5, 0.6) is 5.75 Å². The van der Waals surface area contributed by atoms with Gasteiger partial charge in [-0.2, -0.15) is 5.26 Å². The van der Waals surface area contributed by atoms with Crippen molar-refractivity contribution in [1.82, 2.24) is 30.7 Å². The van der Waals surface area contributed by atoms with Gasteiger partial charge in [0.1, 0.15) is 23.0 Å². The van der Waals surface area contributed by atoms with Crippen LogP contribution in [0.2, 0.25) is 0 Å². The van der Waals surface area contributed by atoms with Gasteiger partial charge >= 0.3 is 0 Å². The maximum Gasteiger partial charge on any atom is 0.218 e. The molecule has 2 aliphatic heterocycles. The molecule has 33 heavy (non-hydrogen) atoms. The highest BCUT2D eigenvalue weighted by atomic mass is 32.1. The van der Waals surface area contributed by atoms with Crippen LogP contribution in [0.4, 0.5) is 10.2 Å². The molecule has 0 unspecified atom stereocenters. The van der Waals surface area contributed by atoms with E-state index in [1.165, 1.54) is 6.07 Å².